The van der Waals surface area contributed by atoms with E-state index in [0.29, 0.717) is 6.67 Å². The standard InChI is InChI=1S/C17H20N4OS/c1-22-16-7-3-2-6-15(16)11-23-17-19-12-21(13-20-17)10-14-5-4-8-18-9-14/h2-9H,10-13H2,1H3,(H,19,20). The molecule has 0 saturated carbocycles. The molecular weight excluding hydrogens is 308 g/mol. The van der Waals surface area contributed by atoms with Crippen molar-refractivity contribution in [2.24, 2.45) is 4.99 Å². The second-order valence-electron chi connectivity index (χ2n) is 5.23. The number of aliphatic imine (C=N–C) groups is 1. The van der Waals surface area contributed by atoms with Crippen molar-refractivity contribution in [3.63, 3.8) is 0 Å². The molecule has 6 heteroatoms. The van der Waals surface area contributed by atoms with E-state index in [1.807, 2.05) is 30.5 Å². The molecule has 0 atom stereocenters. The van der Waals surface area contributed by atoms with Crippen LogP contribution in [0.15, 0.2) is 53.8 Å². The molecule has 3 rings (SSSR count). The average molecular weight is 328 g/mol. The second-order valence-corrected chi connectivity index (χ2v) is 6.19. The maximum Gasteiger partial charge on any atom is 0.159 e. The van der Waals surface area contributed by atoms with Gasteiger partial charge in [-0.25, -0.2) is 4.99 Å². The Morgan fingerprint density at radius 3 is 2.91 bits per heavy atom. The van der Waals surface area contributed by atoms with Gasteiger partial charge in [0.25, 0.3) is 0 Å². The van der Waals surface area contributed by atoms with Gasteiger partial charge in [0.05, 0.1) is 20.4 Å². The summed E-state index contributed by atoms with van der Waals surface area (Å²) in [7, 11) is 1.70. The first-order chi connectivity index (χ1) is 11.3. The van der Waals surface area contributed by atoms with E-state index in [0.717, 1.165) is 29.9 Å². The lowest BCUT2D eigenvalue weighted by Crippen LogP contribution is -2.41. The third kappa shape index (κ3) is 4.46. The summed E-state index contributed by atoms with van der Waals surface area (Å²) in [5.74, 6) is 1.77. The fourth-order valence-corrected chi connectivity index (χ4v) is 3.22. The first-order valence-corrected chi connectivity index (χ1v) is 8.48. The van der Waals surface area contributed by atoms with Crippen molar-refractivity contribution in [3.8, 4) is 5.75 Å². The van der Waals surface area contributed by atoms with Gasteiger partial charge in [0.2, 0.25) is 0 Å². The number of nitrogens with zero attached hydrogens (tertiary/aromatic N) is 3. The molecule has 23 heavy (non-hydrogen) atoms. The van der Waals surface area contributed by atoms with Gasteiger partial charge in [0.15, 0.2) is 5.17 Å². The van der Waals surface area contributed by atoms with Gasteiger partial charge in [-0.05, 0) is 17.7 Å². The van der Waals surface area contributed by atoms with Crippen LogP contribution in [0.3, 0.4) is 0 Å². The van der Waals surface area contributed by atoms with E-state index < -0.39 is 0 Å². The number of aromatic nitrogens is 1. The predicted octanol–water partition coefficient (Wildman–Crippen LogP) is 2.70. The minimum Gasteiger partial charge on any atom is -0.496 e. The molecule has 0 aliphatic carbocycles. The highest BCUT2D eigenvalue weighted by Crippen LogP contribution is 2.23. The summed E-state index contributed by atoms with van der Waals surface area (Å²) < 4.78 is 5.38. The number of hydrogen-bond acceptors (Lipinski definition) is 6. The zero-order chi connectivity index (χ0) is 15.9. The molecule has 1 aromatic heterocycles. The zero-order valence-corrected chi connectivity index (χ0v) is 13.9. The van der Waals surface area contributed by atoms with Gasteiger partial charge in [0, 0.05) is 30.3 Å². The van der Waals surface area contributed by atoms with Crippen LogP contribution in [0.4, 0.5) is 0 Å². The molecule has 0 spiro atoms. The maximum atomic E-state index is 5.38. The number of nitrogens with one attached hydrogen (secondary N) is 1. The van der Waals surface area contributed by atoms with Crippen LogP contribution >= 0.6 is 11.8 Å². The van der Waals surface area contributed by atoms with Crippen molar-refractivity contribution in [2.75, 3.05) is 20.4 Å². The van der Waals surface area contributed by atoms with Crippen LogP contribution in [0.2, 0.25) is 0 Å². The molecular formula is C17H20N4OS. The number of ether oxygens (including phenoxy) is 1. The average Bonchev–Trinajstić information content (AvgIpc) is 2.62. The number of amidine groups is 1. The van der Waals surface area contributed by atoms with Crippen molar-refractivity contribution >= 4 is 16.9 Å². The van der Waals surface area contributed by atoms with Crippen LogP contribution in [-0.4, -0.2) is 35.5 Å². The molecule has 0 unspecified atom stereocenters. The Morgan fingerprint density at radius 1 is 1.26 bits per heavy atom. The molecule has 0 amide bonds. The second kappa shape index (κ2) is 7.99. The maximum absolute atomic E-state index is 5.38. The van der Waals surface area contributed by atoms with Gasteiger partial charge in [-0.15, -0.1) is 0 Å². The molecule has 5 nitrogen and oxygen atoms in total. The minimum absolute atomic E-state index is 0.705. The van der Waals surface area contributed by atoms with Crippen molar-refractivity contribution < 1.29 is 4.74 Å². The Kier molecular flexibility index (Phi) is 5.50. The van der Waals surface area contributed by atoms with E-state index in [1.54, 1.807) is 25.1 Å². The van der Waals surface area contributed by atoms with Crippen molar-refractivity contribution in [1.82, 2.24) is 15.2 Å². The zero-order valence-electron chi connectivity index (χ0n) is 13.1. The lowest BCUT2D eigenvalue weighted by molar-refractivity contribution is 0.258. The fourth-order valence-electron chi connectivity index (χ4n) is 2.37. The summed E-state index contributed by atoms with van der Waals surface area (Å²) in [5, 5.41) is 4.36. The van der Waals surface area contributed by atoms with Gasteiger partial charge >= 0.3 is 0 Å². The normalized spacial score (nSPS) is 14.9. The minimum atomic E-state index is 0.705. The van der Waals surface area contributed by atoms with Crippen molar-refractivity contribution in [1.29, 1.82) is 0 Å². The molecule has 2 heterocycles. The van der Waals surface area contributed by atoms with Crippen LogP contribution in [-0.2, 0) is 12.3 Å². The number of hydrogen-bond donors (Lipinski definition) is 1. The molecule has 2 aromatic rings. The summed E-state index contributed by atoms with van der Waals surface area (Å²) >= 11 is 1.71. The summed E-state index contributed by atoms with van der Waals surface area (Å²) in [6, 6.07) is 12.1. The Bertz CT molecular complexity index is 663. The SMILES string of the molecule is COc1ccccc1CSC1=NCN(Cc2cccnc2)CN1. The highest BCUT2D eigenvalue weighted by molar-refractivity contribution is 8.13. The highest BCUT2D eigenvalue weighted by atomic mass is 32.2. The predicted molar refractivity (Wildman–Crippen MR) is 94.4 cm³/mol. The van der Waals surface area contributed by atoms with E-state index >= 15 is 0 Å². The highest BCUT2D eigenvalue weighted by Gasteiger charge is 2.13. The Morgan fingerprint density at radius 2 is 2.17 bits per heavy atom. The van der Waals surface area contributed by atoms with E-state index in [-0.39, 0.29) is 0 Å². The van der Waals surface area contributed by atoms with Crippen molar-refractivity contribution in [2.45, 2.75) is 12.3 Å². The Balaban J connectivity index is 1.51. The van der Waals surface area contributed by atoms with E-state index in [4.69, 9.17) is 4.74 Å². The molecule has 1 aliphatic rings. The molecule has 0 radical (unpaired) electrons. The summed E-state index contributed by atoms with van der Waals surface area (Å²) in [6.45, 7) is 2.36. The number of benzene rings is 1. The van der Waals surface area contributed by atoms with Crippen LogP contribution in [0, 0.1) is 0 Å². The molecule has 1 aliphatic heterocycles. The first kappa shape index (κ1) is 15.8. The Hall–Kier alpha value is -2.05. The number of pyridine rings is 1. The Labute approximate surface area is 140 Å². The number of thioether (sulfide) groups is 1. The molecule has 120 valence electrons. The lowest BCUT2D eigenvalue weighted by Gasteiger charge is -2.26. The summed E-state index contributed by atoms with van der Waals surface area (Å²) in [5.41, 5.74) is 2.39. The van der Waals surface area contributed by atoms with E-state index in [2.05, 4.69) is 32.3 Å². The third-order valence-electron chi connectivity index (χ3n) is 3.55. The fraction of sp³-hybridized carbons (Fsp3) is 0.294. The lowest BCUT2D eigenvalue weighted by atomic mass is 10.2. The summed E-state index contributed by atoms with van der Waals surface area (Å²) in [4.78, 5) is 11.0. The van der Waals surface area contributed by atoms with Gasteiger partial charge in [-0.3, -0.25) is 9.88 Å². The van der Waals surface area contributed by atoms with Crippen LogP contribution in [0.1, 0.15) is 11.1 Å². The molecule has 0 bridgehead atoms. The van der Waals surface area contributed by atoms with Crippen LogP contribution in [0.5, 0.6) is 5.75 Å². The smallest absolute Gasteiger partial charge is 0.159 e. The van der Waals surface area contributed by atoms with E-state index in [9.17, 15) is 0 Å². The van der Waals surface area contributed by atoms with Crippen LogP contribution < -0.4 is 10.1 Å². The van der Waals surface area contributed by atoms with Gasteiger partial charge in [0.1, 0.15) is 5.75 Å². The largest absolute Gasteiger partial charge is 0.496 e. The van der Waals surface area contributed by atoms with Crippen molar-refractivity contribution in [3.05, 3.63) is 59.9 Å². The molecule has 0 saturated heterocycles. The first-order valence-electron chi connectivity index (χ1n) is 7.49. The monoisotopic (exact) mass is 328 g/mol. The number of para-hydroxylation sites is 1. The molecule has 1 aromatic carbocycles. The summed E-state index contributed by atoms with van der Waals surface area (Å²) in [6.07, 6.45) is 3.69. The van der Waals surface area contributed by atoms with Gasteiger partial charge in [-0.2, -0.15) is 0 Å². The third-order valence-corrected chi connectivity index (χ3v) is 4.56. The topological polar surface area (TPSA) is 49.8 Å². The quantitative estimate of drug-likeness (QED) is 0.914. The van der Waals surface area contributed by atoms with Gasteiger partial charge in [-0.1, -0.05) is 36.0 Å². The van der Waals surface area contributed by atoms with Crippen LogP contribution in [0.25, 0.3) is 0 Å². The van der Waals surface area contributed by atoms with Gasteiger partial charge < -0.3 is 10.1 Å². The molecule has 1 N–H and O–H groups in total. The number of rotatable bonds is 5. The molecule has 0 fully saturated rings. The van der Waals surface area contributed by atoms with E-state index in [1.165, 1.54) is 11.1 Å². The number of methoxy groups -OCH3 is 1.